The van der Waals surface area contributed by atoms with Crippen molar-refractivity contribution in [1.29, 1.82) is 0 Å². The third-order valence-electron chi connectivity index (χ3n) is 7.76. The third-order valence-corrected chi connectivity index (χ3v) is 7.76. The number of rotatable bonds is 3. The van der Waals surface area contributed by atoms with Crippen molar-refractivity contribution in [3.05, 3.63) is 144 Å². The summed E-state index contributed by atoms with van der Waals surface area (Å²) in [6, 6.07) is 45.0. The molecule has 8 aromatic rings. The van der Waals surface area contributed by atoms with Crippen molar-refractivity contribution in [3.63, 3.8) is 0 Å². The van der Waals surface area contributed by atoms with E-state index in [0.717, 1.165) is 66.1 Å². The summed E-state index contributed by atoms with van der Waals surface area (Å²) in [5.41, 5.74) is 8.48. The Labute approximate surface area is 229 Å². The Bertz CT molecular complexity index is 2270. The molecule has 0 bridgehead atoms. The van der Waals surface area contributed by atoms with E-state index in [1.54, 1.807) is 0 Å². The zero-order valence-corrected chi connectivity index (χ0v) is 21.4. The molecular formula is C37H22O3. The lowest BCUT2D eigenvalue weighted by atomic mass is 9.89. The van der Waals surface area contributed by atoms with Crippen LogP contribution in [0.5, 0.6) is 0 Å². The van der Waals surface area contributed by atoms with Crippen LogP contribution in [0.1, 0.15) is 0 Å². The van der Waals surface area contributed by atoms with Crippen molar-refractivity contribution in [2.45, 2.75) is 0 Å². The Hall–Kier alpha value is -5.41. The number of hydrogen-bond donors (Lipinski definition) is 0. The molecule has 3 heteroatoms. The highest BCUT2D eigenvalue weighted by atomic mass is 16.4. The Morgan fingerprint density at radius 1 is 0.400 bits per heavy atom. The molecule has 2 heterocycles. The SMILES string of the molecule is O=c1oc2ccc(-c3ccc(-c4cccc5c4oc4ccccc45)cc3)c(-c3ccccc3)c2c2ccccc12. The fourth-order valence-electron chi connectivity index (χ4n) is 5.92. The quantitative estimate of drug-likeness (QED) is 0.174. The van der Waals surface area contributed by atoms with Crippen molar-refractivity contribution in [1.82, 2.24) is 0 Å². The average molecular weight is 515 g/mol. The zero-order chi connectivity index (χ0) is 26.6. The normalized spacial score (nSPS) is 11.6. The van der Waals surface area contributed by atoms with Gasteiger partial charge in [0.1, 0.15) is 16.7 Å². The molecule has 40 heavy (non-hydrogen) atoms. The molecule has 0 aliphatic rings. The lowest BCUT2D eigenvalue weighted by Gasteiger charge is -2.15. The molecule has 0 aliphatic heterocycles. The molecule has 0 saturated heterocycles. The van der Waals surface area contributed by atoms with Crippen LogP contribution in [0.25, 0.3) is 77.1 Å². The lowest BCUT2D eigenvalue weighted by molar-refractivity contribution is 0.570. The lowest BCUT2D eigenvalue weighted by Crippen LogP contribution is -2.00. The monoisotopic (exact) mass is 514 g/mol. The van der Waals surface area contributed by atoms with Crippen LogP contribution in [0, 0.1) is 0 Å². The van der Waals surface area contributed by atoms with Crippen molar-refractivity contribution in [2.75, 3.05) is 0 Å². The summed E-state index contributed by atoms with van der Waals surface area (Å²) in [4.78, 5) is 12.7. The molecule has 0 saturated carbocycles. The van der Waals surface area contributed by atoms with E-state index in [2.05, 4.69) is 66.7 Å². The van der Waals surface area contributed by atoms with Crippen LogP contribution < -0.4 is 5.63 Å². The van der Waals surface area contributed by atoms with Crippen LogP contribution in [0.4, 0.5) is 0 Å². The van der Waals surface area contributed by atoms with Crippen molar-refractivity contribution in [3.8, 4) is 33.4 Å². The summed E-state index contributed by atoms with van der Waals surface area (Å²) in [6.45, 7) is 0. The van der Waals surface area contributed by atoms with Gasteiger partial charge in [0.05, 0.1) is 5.39 Å². The van der Waals surface area contributed by atoms with Crippen LogP contribution >= 0.6 is 0 Å². The summed E-state index contributed by atoms with van der Waals surface area (Å²) in [6.07, 6.45) is 0. The van der Waals surface area contributed by atoms with Gasteiger partial charge in [0.25, 0.3) is 0 Å². The van der Waals surface area contributed by atoms with Gasteiger partial charge in [-0.1, -0.05) is 115 Å². The fourth-order valence-corrected chi connectivity index (χ4v) is 5.92. The molecule has 0 fully saturated rings. The molecule has 2 aromatic heterocycles. The fraction of sp³-hybridized carbons (Fsp3) is 0. The van der Waals surface area contributed by atoms with Crippen LogP contribution in [0.15, 0.2) is 147 Å². The van der Waals surface area contributed by atoms with Gasteiger partial charge in [-0.25, -0.2) is 4.79 Å². The van der Waals surface area contributed by atoms with Gasteiger partial charge in [0, 0.05) is 32.7 Å². The summed E-state index contributed by atoms with van der Waals surface area (Å²) >= 11 is 0. The predicted octanol–water partition coefficient (Wildman–Crippen LogP) is 9.85. The first-order valence-electron chi connectivity index (χ1n) is 13.3. The molecule has 0 N–H and O–H groups in total. The minimum absolute atomic E-state index is 0.320. The second-order valence-corrected chi connectivity index (χ2v) is 10.0. The van der Waals surface area contributed by atoms with Crippen LogP contribution in [-0.4, -0.2) is 0 Å². The van der Waals surface area contributed by atoms with E-state index in [9.17, 15) is 4.79 Å². The molecule has 188 valence electrons. The average Bonchev–Trinajstić information content (AvgIpc) is 3.40. The van der Waals surface area contributed by atoms with Gasteiger partial charge in [-0.3, -0.25) is 0 Å². The first-order chi connectivity index (χ1) is 19.8. The third kappa shape index (κ3) is 3.41. The number of furan rings is 1. The number of benzene rings is 6. The van der Waals surface area contributed by atoms with Gasteiger partial charge in [-0.2, -0.15) is 0 Å². The van der Waals surface area contributed by atoms with E-state index in [4.69, 9.17) is 8.83 Å². The van der Waals surface area contributed by atoms with E-state index < -0.39 is 0 Å². The van der Waals surface area contributed by atoms with Crippen molar-refractivity contribution in [2.24, 2.45) is 0 Å². The first-order valence-corrected chi connectivity index (χ1v) is 13.3. The molecule has 0 unspecified atom stereocenters. The van der Waals surface area contributed by atoms with Gasteiger partial charge in [0.15, 0.2) is 0 Å². The van der Waals surface area contributed by atoms with Gasteiger partial charge >= 0.3 is 5.63 Å². The van der Waals surface area contributed by atoms with Crippen molar-refractivity contribution < 1.29 is 8.83 Å². The second-order valence-electron chi connectivity index (χ2n) is 10.0. The number of fused-ring (bicyclic) bond motifs is 6. The standard InChI is InChI=1S/C37H22O3/c38-37-31-13-5-4-12-29(31)35-33(40-37)22-21-26(34(35)25-9-2-1-3-10-25)23-17-19-24(20-18-23)27-14-8-15-30-28-11-6-7-16-32(28)39-36(27)30/h1-22H. The topological polar surface area (TPSA) is 43.4 Å². The predicted molar refractivity (Wildman–Crippen MR) is 164 cm³/mol. The highest BCUT2D eigenvalue weighted by molar-refractivity contribution is 6.15. The van der Waals surface area contributed by atoms with E-state index in [-0.39, 0.29) is 5.63 Å². The summed E-state index contributed by atoms with van der Waals surface area (Å²) in [7, 11) is 0. The van der Waals surface area contributed by atoms with E-state index in [1.165, 1.54) is 0 Å². The molecule has 0 aliphatic carbocycles. The largest absolute Gasteiger partial charge is 0.455 e. The minimum Gasteiger partial charge on any atom is -0.455 e. The number of para-hydroxylation sites is 2. The molecule has 3 nitrogen and oxygen atoms in total. The molecule has 8 rings (SSSR count). The van der Waals surface area contributed by atoms with Crippen LogP contribution in [-0.2, 0) is 0 Å². The van der Waals surface area contributed by atoms with Crippen molar-refractivity contribution >= 4 is 43.7 Å². The maximum atomic E-state index is 12.7. The maximum absolute atomic E-state index is 12.7. The van der Waals surface area contributed by atoms with Gasteiger partial charge in [0.2, 0.25) is 0 Å². The zero-order valence-electron chi connectivity index (χ0n) is 21.4. The highest BCUT2D eigenvalue weighted by Gasteiger charge is 2.18. The Balaban J connectivity index is 1.35. The van der Waals surface area contributed by atoms with E-state index in [1.807, 2.05) is 66.7 Å². The number of hydrogen-bond acceptors (Lipinski definition) is 3. The summed E-state index contributed by atoms with van der Waals surface area (Å²) < 4.78 is 12.1. The minimum atomic E-state index is -0.320. The molecule has 0 amide bonds. The molecule has 6 aromatic carbocycles. The molecule has 0 radical (unpaired) electrons. The van der Waals surface area contributed by atoms with Crippen LogP contribution in [0.2, 0.25) is 0 Å². The van der Waals surface area contributed by atoms with E-state index in [0.29, 0.717) is 11.0 Å². The van der Waals surface area contributed by atoms with Gasteiger partial charge in [-0.15, -0.1) is 0 Å². The molecule has 0 spiro atoms. The Kier molecular flexibility index (Phi) is 4.98. The maximum Gasteiger partial charge on any atom is 0.344 e. The first kappa shape index (κ1) is 22.6. The highest BCUT2D eigenvalue weighted by Crippen LogP contribution is 2.42. The smallest absolute Gasteiger partial charge is 0.344 e. The van der Waals surface area contributed by atoms with Gasteiger partial charge in [-0.05, 0) is 40.5 Å². The second kappa shape index (κ2) is 8.82. The van der Waals surface area contributed by atoms with E-state index >= 15 is 0 Å². The Morgan fingerprint density at radius 3 is 1.85 bits per heavy atom. The molecular weight excluding hydrogens is 492 g/mol. The molecule has 0 atom stereocenters. The summed E-state index contributed by atoms with van der Waals surface area (Å²) in [5.74, 6) is 0. The van der Waals surface area contributed by atoms with Crippen LogP contribution in [0.3, 0.4) is 0 Å². The Morgan fingerprint density at radius 2 is 1.05 bits per heavy atom. The van der Waals surface area contributed by atoms with Gasteiger partial charge < -0.3 is 8.83 Å². The summed E-state index contributed by atoms with van der Waals surface area (Å²) in [5, 5.41) is 4.65.